The molecule has 0 aliphatic carbocycles. The van der Waals surface area contributed by atoms with Gasteiger partial charge in [0.1, 0.15) is 0 Å². The molecular formula is C10H6F5N. The first-order valence-electron chi connectivity index (χ1n) is 4.34. The number of benzene rings is 1. The van der Waals surface area contributed by atoms with Gasteiger partial charge in [-0.1, -0.05) is 6.07 Å². The van der Waals surface area contributed by atoms with E-state index in [2.05, 4.69) is 4.98 Å². The molecule has 1 heterocycles. The lowest BCUT2D eigenvalue weighted by Crippen LogP contribution is -2.33. The van der Waals surface area contributed by atoms with Crippen molar-refractivity contribution in [3.05, 3.63) is 36.0 Å². The zero-order valence-corrected chi connectivity index (χ0v) is 7.78. The highest BCUT2D eigenvalue weighted by atomic mass is 19.4. The lowest BCUT2D eigenvalue weighted by atomic mass is 10.1. The Bertz CT molecular complexity index is 511. The van der Waals surface area contributed by atoms with Crippen LogP contribution in [-0.4, -0.2) is 11.2 Å². The zero-order valence-electron chi connectivity index (χ0n) is 7.78. The highest BCUT2D eigenvalue weighted by Crippen LogP contribution is 2.44. The van der Waals surface area contributed by atoms with E-state index in [0.717, 1.165) is 12.1 Å². The van der Waals surface area contributed by atoms with Crippen LogP contribution in [0.2, 0.25) is 0 Å². The van der Waals surface area contributed by atoms with Crippen molar-refractivity contribution in [2.45, 2.75) is 12.1 Å². The maximum absolute atomic E-state index is 13.0. The molecule has 0 aliphatic heterocycles. The summed E-state index contributed by atoms with van der Waals surface area (Å²) in [5.41, 5.74) is -0.533. The van der Waals surface area contributed by atoms with E-state index in [0.29, 0.717) is 10.9 Å². The summed E-state index contributed by atoms with van der Waals surface area (Å²) in [6.45, 7) is 0. The summed E-state index contributed by atoms with van der Waals surface area (Å²) in [6, 6.07) is 4.24. The van der Waals surface area contributed by atoms with Gasteiger partial charge in [0.2, 0.25) is 0 Å². The van der Waals surface area contributed by atoms with Gasteiger partial charge in [-0.3, -0.25) is 0 Å². The molecule has 0 radical (unpaired) electrons. The first kappa shape index (κ1) is 10.9. The summed E-state index contributed by atoms with van der Waals surface area (Å²) in [7, 11) is 0. The van der Waals surface area contributed by atoms with E-state index in [9.17, 15) is 22.0 Å². The fourth-order valence-corrected chi connectivity index (χ4v) is 1.41. The predicted molar refractivity (Wildman–Crippen MR) is 48.2 cm³/mol. The molecule has 0 unspecified atom stereocenters. The number of hydrogen-bond acceptors (Lipinski definition) is 0. The third-order valence-corrected chi connectivity index (χ3v) is 2.27. The molecule has 0 bridgehead atoms. The Labute approximate surface area is 86.9 Å². The molecule has 0 saturated carbocycles. The van der Waals surface area contributed by atoms with Crippen molar-refractivity contribution in [1.29, 1.82) is 0 Å². The van der Waals surface area contributed by atoms with Crippen molar-refractivity contribution in [2.24, 2.45) is 0 Å². The van der Waals surface area contributed by atoms with Crippen molar-refractivity contribution in [3.8, 4) is 0 Å². The van der Waals surface area contributed by atoms with Gasteiger partial charge in [-0.05, 0) is 23.6 Å². The van der Waals surface area contributed by atoms with Crippen LogP contribution >= 0.6 is 0 Å². The standard InChI is InChI=1S/C10H6F5N/c11-9(12,10(13,14)15)7-1-2-8-6(5-7)3-4-16-8/h1-5,16H. The average Bonchev–Trinajstić information content (AvgIpc) is 2.61. The van der Waals surface area contributed by atoms with Crippen LogP contribution in [0.4, 0.5) is 22.0 Å². The Morgan fingerprint density at radius 1 is 0.938 bits per heavy atom. The van der Waals surface area contributed by atoms with Crippen molar-refractivity contribution < 1.29 is 22.0 Å². The summed E-state index contributed by atoms with van der Waals surface area (Å²) in [4.78, 5) is 2.71. The molecule has 0 spiro atoms. The fourth-order valence-electron chi connectivity index (χ4n) is 1.41. The number of nitrogens with one attached hydrogen (secondary N) is 1. The highest BCUT2D eigenvalue weighted by Gasteiger charge is 2.58. The minimum absolute atomic E-state index is 0.321. The zero-order chi connectivity index (χ0) is 12.0. The van der Waals surface area contributed by atoms with E-state index in [4.69, 9.17) is 0 Å². The lowest BCUT2D eigenvalue weighted by molar-refractivity contribution is -0.289. The number of halogens is 5. The molecule has 0 atom stereocenters. The van der Waals surface area contributed by atoms with Crippen LogP contribution in [0.1, 0.15) is 5.56 Å². The first-order valence-corrected chi connectivity index (χ1v) is 4.34. The number of H-pyrrole nitrogens is 1. The topological polar surface area (TPSA) is 15.8 Å². The monoisotopic (exact) mass is 235 g/mol. The number of fused-ring (bicyclic) bond motifs is 1. The van der Waals surface area contributed by atoms with Crippen LogP contribution in [-0.2, 0) is 5.92 Å². The van der Waals surface area contributed by atoms with Gasteiger partial charge in [-0.25, -0.2) is 0 Å². The molecular weight excluding hydrogens is 229 g/mol. The molecule has 0 fully saturated rings. The molecule has 0 amide bonds. The van der Waals surface area contributed by atoms with Gasteiger partial charge in [-0.15, -0.1) is 0 Å². The molecule has 2 aromatic rings. The number of alkyl halides is 5. The minimum atomic E-state index is -5.57. The number of aromatic nitrogens is 1. The Hall–Kier alpha value is -1.59. The van der Waals surface area contributed by atoms with Gasteiger partial charge in [-0.2, -0.15) is 22.0 Å². The molecule has 0 saturated heterocycles. The summed E-state index contributed by atoms with van der Waals surface area (Å²) in [6.07, 6.45) is -4.10. The van der Waals surface area contributed by atoms with Crippen LogP contribution in [0.3, 0.4) is 0 Å². The second-order valence-electron chi connectivity index (χ2n) is 3.35. The summed E-state index contributed by atoms with van der Waals surface area (Å²) < 4.78 is 62.2. The largest absolute Gasteiger partial charge is 0.458 e. The summed E-state index contributed by atoms with van der Waals surface area (Å²) in [5.74, 6) is -4.82. The highest BCUT2D eigenvalue weighted by molar-refractivity contribution is 5.80. The smallest absolute Gasteiger partial charge is 0.361 e. The van der Waals surface area contributed by atoms with Crippen molar-refractivity contribution in [1.82, 2.24) is 4.98 Å². The van der Waals surface area contributed by atoms with Crippen LogP contribution in [0, 0.1) is 0 Å². The maximum Gasteiger partial charge on any atom is 0.458 e. The van der Waals surface area contributed by atoms with E-state index in [1.54, 1.807) is 0 Å². The Morgan fingerprint density at radius 3 is 2.25 bits per heavy atom. The molecule has 1 N–H and O–H groups in total. The maximum atomic E-state index is 13.0. The SMILES string of the molecule is FC(F)(F)C(F)(F)c1ccc2[nH]ccc2c1. The van der Waals surface area contributed by atoms with Crippen molar-refractivity contribution >= 4 is 10.9 Å². The van der Waals surface area contributed by atoms with E-state index in [1.165, 1.54) is 18.3 Å². The van der Waals surface area contributed by atoms with Crippen LogP contribution in [0.15, 0.2) is 30.5 Å². The van der Waals surface area contributed by atoms with E-state index >= 15 is 0 Å². The first-order chi connectivity index (χ1) is 7.32. The molecule has 1 aromatic heterocycles. The van der Waals surface area contributed by atoms with E-state index < -0.39 is 17.7 Å². The van der Waals surface area contributed by atoms with E-state index in [-0.39, 0.29) is 0 Å². The molecule has 86 valence electrons. The number of hydrogen-bond donors (Lipinski definition) is 1. The van der Waals surface area contributed by atoms with Crippen LogP contribution in [0.25, 0.3) is 10.9 Å². The summed E-state index contributed by atoms with van der Waals surface area (Å²) >= 11 is 0. The quantitative estimate of drug-likeness (QED) is 0.723. The molecule has 6 heteroatoms. The van der Waals surface area contributed by atoms with Gasteiger partial charge in [0, 0.05) is 17.3 Å². The summed E-state index contributed by atoms with van der Waals surface area (Å²) in [5, 5.41) is 0.321. The average molecular weight is 235 g/mol. The molecule has 1 nitrogen and oxygen atoms in total. The fraction of sp³-hybridized carbons (Fsp3) is 0.200. The van der Waals surface area contributed by atoms with Gasteiger partial charge >= 0.3 is 12.1 Å². The second-order valence-corrected chi connectivity index (χ2v) is 3.35. The Balaban J connectivity index is 2.54. The van der Waals surface area contributed by atoms with Gasteiger partial charge in [0.25, 0.3) is 0 Å². The van der Waals surface area contributed by atoms with Crippen molar-refractivity contribution in [2.75, 3.05) is 0 Å². The minimum Gasteiger partial charge on any atom is -0.361 e. The third kappa shape index (κ3) is 1.54. The van der Waals surface area contributed by atoms with Gasteiger partial charge < -0.3 is 4.98 Å². The predicted octanol–water partition coefficient (Wildman–Crippen LogP) is 3.82. The number of rotatable bonds is 1. The second kappa shape index (κ2) is 3.20. The molecule has 1 aromatic carbocycles. The van der Waals surface area contributed by atoms with Gasteiger partial charge in [0.05, 0.1) is 0 Å². The normalized spacial score (nSPS) is 13.3. The third-order valence-electron chi connectivity index (χ3n) is 2.27. The van der Waals surface area contributed by atoms with Crippen molar-refractivity contribution in [3.63, 3.8) is 0 Å². The van der Waals surface area contributed by atoms with E-state index in [1.807, 2.05) is 0 Å². The lowest BCUT2D eigenvalue weighted by Gasteiger charge is -2.19. The molecule has 0 aliphatic rings. The molecule has 16 heavy (non-hydrogen) atoms. The van der Waals surface area contributed by atoms with Crippen LogP contribution in [0.5, 0.6) is 0 Å². The van der Waals surface area contributed by atoms with Crippen LogP contribution < -0.4 is 0 Å². The van der Waals surface area contributed by atoms with Gasteiger partial charge in [0.15, 0.2) is 0 Å². The Morgan fingerprint density at radius 2 is 1.62 bits per heavy atom. The number of aromatic amines is 1. The Kier molecular flexibility index (Phi) is 2.18. The molecule has 2 rings (SSSR count).